The average molecular weight is 577 g/mol. The molecule has 0 radical (unpaired) electrons. The Kier molecular flexibility index (Phi) is 9.88. The zero-order chi connectivity index (χ0) is 30.0. The molecule has 220 valence electrons. The van der Waals surface area contributed by atoms with Crippen LogP contribution < -0.4 is 4.74 Å². The number of aromatic nitrogens is 2. The van der Waals surface area contributed by atoms with Crippen molar-refractivity contribution in [2.24, 2.45) is 0 Å². The van der Waals surface area contributed by atoms with E-state index >= 15 is 0 Å². The Bertz CT molecular complexity index is 1630. The van der Waals surface area contributed by atoms with Crippen molar-refractivity contribution in [1.29, 1.82) is 5.26 Å². The van der Waals surface area contributed by atoms with Crippen molar-refractivity contribution in [3.05, 3.63) is 108 Å². The molecular formula is C35H36N4O4. The topological polar surface area (TPSA) is 101 Å². The molecule has 1 unspecified atom stereocenters. The lowest BCUT2D eigenvalue weighted by Gasteiger charge is -2.23. The van der Waals surface area contributed by atoms with E-state index in [1.807, 2.05) is 35.1 Å². The number of fused-ring (bicyclic) bond motifs is 1. The first-order chi connectivity index (χ1) is 21.1. The standard InChI is InChI=1S/C35H36N4O4/c1-2-31(26-10-4-3-5-11-26)34(28-15-18-32-29(24-28)25-37-39(32)33-12-6-9-22-43-33)27-13-16-30(17-14-27)42-23-21-38(35(40)41)20-8-7-19-36/h3-5,7-8,10-11,13-18,24-25,33H,2,6,9,12,20-23H2,1H3,(H,40,41). The Morgan fingerprint density at radius 1 is 1.12 bits per heavy atom. The lowest BCUT2D eigenvalue weighted by molar-refractivity contribution is -0.0366. The number of nitriles is 1. The number of benzene rings is 3. The van der Waals surface area contributed by atoms with E-state index in [2.05, 4.69) is 61.5 Å². The number of hydrogen-bond acceptors (Lipinski definition) is 5. The number of carboxylic acid groups (broad SMARTS) is 1. The van der Waals surface area contributed by atoms with Gasteiger partial charge in [0.2, 0.25) is 0 Å². The van der Waals surface area contributed by atoms with Gasteiger partial charge in [-0.25, -0.2) is 9.48 Å². The van der Waals surface area contributed by atoms with Crippen LogP contribution in [0.15, 0.2) is 91.1 Å². The zero-order valence-electron chi connectivity index (χ0n) is 24.4. The van der Waals surface area contributed by atoms with Crippen LogP contribution in [0.4, 0.5) is 4.79 Å². The molecule has 4 aromatic rings. The zero-order valence-corrected chi connectivity index (χ0v) is 24.4. The number of amides is 1. The molecule has 1 atom stereocenters. The van der Waals surface area contributed by atoms with Gasteiger partial charge in [0.25, 0.3) is 0 Å². The molecule has 0 saturated carbocycles. The molecule has 43 heavy (non-hydrogen) atoms. The average Bonchev–Trinajstić information content (AvgIpc) is 3.47. The molecule has 1 saturated heterocycles. The van der Waals surface area contributed by atoms with Crippen molar-refractivity contribution in [3.8, 4) is 11.8 Å². The first kappa shape index (κ1) is 29.6. The number of rotatable bonds is 11. The van der Waals surface area contributed by atoms with Crippen molar-refractivity contribution in [3.63, 3.8) is 0 Å². The van der Waals surface area contributed by atoms with Gasteiger partial charge in [0, 0.05) is 24.6 Å². The van der Waals surface area contributed by atoms with Crippen molar-refractivity contribution < 1.29 is 19.4 Å². The van der Waals surface area contributed by atoms with Crippen LogP contribution in [0.3, 0.4) is 0 Å². The van der Waals surface area contributed by atoms with Crippen molar-refractivity contribution in [2.75, 3.05) is 26.3 Å². The maximum absolute atomic E-state index is 11.5. The third-order valence-corrected chi connectivity index (χ3v) is 7.65. The predicted molar refractivity (Wildman–Crippen MR) is 168 cm³/mol. The normalized spacial score (nSPS) is 15.7. The summed E-state index contributed by atoms with van der Waals surface area (Å²) in [5.74, 6) is 0.656. The third-order valence-electron chi connectivity index (χ3n) is 7.65. The first-order valence-corrected chi connectivity index (χ1v) is 14.7. The van der Waals surface area contributed by atoms with E-state index < -0.39 is 6.09 Å². The maximum atomic E-state index is 11.5. The van der Waals surface area contributed by atoms with Crippen LogP contribution in [0.1, 0.15) is 55.5 Å². The molecule has 8 nitrogen and oxygen atoms in total. The van der Waals surface area contributed by atoms with Crippen LogP contribution in [0, 0.1) is 11.3 Å². The molecule has 8 heteroatoms. The summed E-state index contributed by atoms with van der Waals surface area (Å²) in [7, 11) is 0. The fourth-order valence-corrected chi connectivity index (χ4v) is 5.52. The second-order valence-electron chi connectivity index (χ2n) is 10.4. The third kappa shape index (κ3) is 7.14. The molecule has 1 aliphatic rings. The van der Waals surface area contributed by atoms with Crippen molar-refractivity contribution >= 4 is 28.1 Å². The highest BCUT2D eigenvalue weighted by molar-refractivity contribution is 6.00. The number of allylic oxidation sites excluding steroid dienone is 2. The Labute approximate surface area is 252 Å². The van der Waals surface area contributed by atoms with Crippen LogP contribution in [-0.2, 0) is 4.74 Å². The van der Waals surface area contributed by atoms with Gasteiger partial charge in [0.1, 0.15) is 12.4 Å². The number of hydrogen-bond donors (Lipinski definition) is 1. The van der Waals surface area contributed by atoms with Gasteiger partial charge in [0.05, 0.1) is 24.3 Å². The molecule has 0 aliphatic carbocycles. The molecule has 1 aromatic heterocycles. The summed E-state index contributed by atoms with van der Waals surface area (Å²) in [6.07, 6.45) is 7.69. The molecule has 2 heterocycles. The summed E-state index contributed by atoms with van der Waals surface area (Å²) in [5.41, 5.74) is 6.78. The van der Waals surface area contributed by atoms with E-state index in [0.717, 1.165) is 59.9 Å². The molecule has 0 spiro atoms. The second kappa shape index (κ2) is 14.3. The lowest BCUT2D eigenvalue weighted by atomic mass is 9.88. The van der Waals surface area contributed by atoms with Gasteiger partial charge in [-0.3, -0.25) is 0 Å². The predicted octanol–water partition coefficient (Wildman–Crippen LogP) is 7.54. The van der Waals surface area contributed by atoms with E-state index in [1.54, 1.807) is 0 Å². The number of carbonyl (C=O) groups is 1. The molecule has 1 fully saturated rings. The van der Waals surface area contributed by atoms with Gasteiger partial charge >= 0.3 is 6.09 Å². The Morgan fingerprint density at radius 3 is 2.60 bits per heavy atom. The van der Waals surface area contributed by atoms with Gasteiger partial charge in [-0.2, -0.15) is 10.4 Å². The lowest BCUT2D eigenvalue weighted by Crippen LogP contribution is -2.33. The Hall–Kier alpha value is -4.87. The van der Waals surface area contributed by atoms with Gasteiger partial charge in [0.15, 0.2) is 6.23 Å². The van der Waals surface area contributed by atoms with Gasteiger partial charge in [-0.15, -0.1) is 0 Å². The largest absolute Gasteiger partial charge is 0.492 e. The molecule has 5 rings (SSSR count). The molecule has 1 N–H and O–H groups in total. The smallest absolute Gasteiger partial charge is 0.407 e. The van der Waals surface area contributed by atoms with Crippen LogP contribution >= 0.6 is 0 Å². The van der Waals surface area contributed by atoms with Crippen LogP contribution in [0.5, 0.6) is 5.75 Å². The summed E-state index contributed by atoms with van der Waals surface area (Å²) < 4.78 is 13.9. The van der Waals surface area contributed by atoms with E-state index in [1.165, 1.54) is 28.2 Å². The molecule has 0 bridgehead atoms. The van der Waals surface area contributed by atoms with Gasteiger partial charge in [-0.05, 0) is 77.8 Å². The molecule has 3 aromatic carbocycles. The monoisotopic (exact) mass is 576 g/mol. The van der Waals surface area contributed by atoms with E-state index in [9.17, 15) is 9.90 Å². The summed E-state index contributed by atoms with van der Waals surface area (Å²) in [4.78, 5) is 12.7. The minimum atomic E-state index is -1.06. The first-order valence-electron chi connectivity index (χ1n) is 14.7. The van der Waals surface area contributed by atoms with E-state index in [4.69, 9.17) is 19.8 Å². The number of nitrogens with zero attached hydrogens (tertiary/aromatic N) is 4. The van der Waals surface area contributed by atoms with Crippen LogP contribution in [-0.4, -0.2) is 52.2 Å². The van der Waals surface area contributed by atoms with Gasteiger partial charge in [-0.1, -0.05) is 61.5 Å². The fourth-order valence-electron chi connectivity index (χ4n) is 5.52. The van der Waals surface area contributed by atoms with E-state index in [0.29, 0.717) is 5.75 Å². The fraction of sp³-hybridized carbons (Fsp3) is 0.286. The Morgan fingerprint density at radius 2 is 1.91 bits per heavy atom. The van der Waals surface area contributed by atoms with Crippen LogP contribution in [0.25, 0.3) is 22.0 Å². The molecular weight excluding hydrogens is 540 g/mol. The highest BCUT2D eigenvalue weighted by Gasteiger charge is 2.20. The summed E-state index contributed by atoms with van der Waals surface area (Å²) in [5, 5.41) is 23.8. The van der Waals surface area contributed by atoms with E-state index in [-0.39, 0.29) is 25.9 Å². The highest BCUT2D eigenvalue weighted by atomic mass is 16.5. The minimum absolute atomic E-state index is 0.0215. The molecule has 1 amide bonds. The summed E-state index contributed by atoms with van der Waals surface area (Å²) >= 11 is 0. The van der Waals surface area contributed by atoms with Crippen LogP contribution in [0.2, 0.25) is 0 Å². The molecule has 1 aliphatic heterocycles. The quantitative estimate of drug-likeness (QED) is 0.146. The van der Waals surface area contributed by atoms with Gasteiger partial charge < -0.3 is 19.5 Å². The summed E-state index contributed by atoms with van der Waals surface area (Å²) in [6, 6.07) is 26.8. The SMILES string of the molecule is CCC(=C(c1ccc(OCCN(CC=CC#N)C(=O)O)cc1)c1ccc2c(cnn2C2CCCCO2)c1)c1ccccc1. The van der Waals surface area contributed by atoms with Crippen molar-refractivity contribution in [1.82, 2.24) is 14.7 Å². The Balaban J connectivity index is 1.43. The number of ether oxygens (including phenoxy) is 2. The maximum Gasteiger partial charge on any atom is 0.407 e. The second-order valence-corrected chi connectivity index (χ2v) is 10.4. The summed E-state index contributed by atoms with van der Waals surface area (Å²) in [6.45, 7) is 3.47. The van der Waals surface area contributed by atoms with Crippen molar-refractivity contribution in [2.45, 2.75) is 38.8 Å². The minimum Gasteiger partial charge on any atom is -0.492 e. The highest BCUT2D eigenvalue weighted by Crippen LogP contribution is 2.37.